The fourth-order valence-corrected chi connectivity index (χ4v) is 2.91. The molecule has 1 aliphatic rings. The highest BCUT2D eigenvalue weighted by Crippen LogP contribution is 2.12. The normalized spacial score (nSPS) is 22.3. The number of hydrogen-bond acceptors (Lipinski definition) is 5. The second-order valence-corrected chi connectivity index (χ2v) is 6.01. The van der Waals surface area contributed by atoms with Crippen molar-refractivity contribution in [2.45, 2.75) is 46.3 Å². The smallest absolute Gasteiger partial charge is 0.252 e. The number of nitrogens with zero attached hydrogens (tertiary/aromatic N) is 5. The number of carbonyl (C=O) groups excluding carboxylic acids is 1. The van der Waals surface area contributed by atoms with E-state index in [4.69, 9.17) is 4.74 Å². The summed E-state index contributed by atoms with van der Waals surface area (Å²) in [5.74, 6) is 1.09. The topological polar surface area (TPSA) is 72.6 Å². The largest absolute Gasteiger partial charge is 0.372 e. The van der Waals surface area contributed by atoms with Crippen molar-refractivity contribution < 1.29 is 9.53 Å². The third-order valence-corrected chi connectivity index (χ3v) is 3.74. The Balaban J connectivity index is 1.78. The van der Waals surface area contributed by atoms with Crippen LogP contribution in [-0.2, 0) is 16.0 Å². The van der Waals surface area contributed by atoms with Gasteiger partial charge in [0, 0.05) is 24.5 Å². The van der Waals surface area contributed by atoms with E-state index in [2.05, 4.69) is 15.1 Å². The van der Waals surface area contributed by atoms with Crippen LogP contribution in [0.4, 0.5) is 0 Å². The molecule has 2 aromatic rings. The molecule has 0 N–H and O–H groups in total. The molecule has 2 atom stereocenters. The van der Waals surface area contributed by atoms with Crippen molar-refractivity contribution in [3.63, 3.8) is 0 Å². The second-order valence-electron chi connectivity index (χ2n) is 6.01. The first-order chi connectivity index (χ1) is 10.4. The second kappa shape index (κ2) is 5.64. The predicted molar refractivity (Wildman–Crippen MR) is 80.5 cm³/mol. The van der Waals surface area contributed by atoms with E-state index in [1.807, 2.05) is 38.7 Å². The Morgan fingerprint density at radius 1 is 1.27 bits per heavy atom. The van der Waals surface area contributed by atoms with Crippen LogP contribution < -0.4 is 0 Å². The zero-order valence-electron chi connectivity index (χ0n) is 13.4. The number of hydrogen-bond donors (Lipinski definition) is 0. The molecule has 0 radical (unpaired) electrons. The maximum absolute atomic E-state index is 12.4. The van der Waals surface area contributed by atoms with Crippen LogP contribution >= 0.6 is 0 Å². The van der Waals surface area contributed by atoms with Gasteiger partial charge in [-0.3, -0.25) is 4.79 Å². The van der Waals surface area contributed by atoms with E-state index in [-0.39, 0.29) is 24.5 Å². The molecule has 0 bridgehead atoms. The van der Waals surface area contributed by atoms with Crippen molar-refractivity contribution in [3.05, 3.63) is 23.3 Å². The zero-order valence-corrected chi connectivity index (χ0v) is 13.4. The first-order valence-electron chi connectivity index (χ1n) is 7.55. The molecule has 3 rings (SSSR count). The SMILES string of the molecule is Cc1cc(C)n2nc(CC(=O)N3CC(C)OC(C)C3)nc2n1. The first-order valence-corrected chi connectivity index (χ1v) is 7.55. The van der Waals surface area contributed by atoms with Crippen LogP contribution in [0.1, 0.15) is 31.1 Å². The minimum absolute atomic E-state index is 0.0345. The molecular formula is C15H21N5O2. The van der Waals surface area contributed by atoms with Crippen molar-refractivity contribution in [2.75, 3.05) is 13.1 Å². The predicted octanol–water partition coefficient (Wildman–Crippen LogP) is 0.919. The monoisotopic (exact) mass is 303 g/mol. The molecule has 0 saturated carbocycles. The quantitative estimate of drug-likeness (QED) is 0.825. The zero-order chi connectivity index (χ0) is 15.9. The summed E-state index contributed by atoms with van der Waals surface area (Å²) in [6.45, 7) is 9.07. The van der Waals surface area contributed by atoms with Gasteiger partial charge in [0.2, 0.25) is 5.91 Å². The lowest BCUT2D eigenvalue weighted by Gasteiger charge is -2.35. The molecule has 7 nitrogen and oxygen atoms in total. The Labute approximate surface area is 129 Å². The van der Waals surface area contributed by atoms with Crippen LogP contribution in [0.25, 0.3) is 5.78 Å². The van der Waals surface area contributed by atoms with Crippen LogP contribution in [0.5, 0.6) is 0 Å². The van der Waals surface area contributed by atoms with Gasteiger partial charge in [-0.1, -0.05) is 0 Å². The number of rotatable bonds is 2. The number of fused-ring (bicyclic) bond motifs is 1. The molecular weight excluding hydrogens is 282 g/mol. The van der Waals surface area contributed by atoms with Gasteiger partial charge in [0.1, 0.15) is 0 Å². The summed E-state index contributed by atoms with van der Waals surface area (Å²) < 4.78 is 7.34. The van der Waals surface area contributed by atoms with E-state index in [9.17, 15) is 4.79 Å². The molecule has 1 amide bonds. The first kappa shape index (κ1) is 14.9. The van der Waals surface area contributed by atoms with E-state index in [0.29, 0.717) is 24.7 Å². The molecule has 22 heavy (non-hydrogen) atoms. The molecule has 2 aromatic heterocycles. The van der Waals surface area contributed by atoms with E-state index >= 15 is 0 Å². The van der Waals surface area contributed by atoms with Crippen molar-refractivity contribution >= 4 is 11.7 Å². The summed E-state index contributed by atoms with van der Waals surface area (Å²) in [7, 11) is 0. The molecule has 3 heterocycles. The minimum Gasteiger partial charge on any atom is -0.372 e. The lowest BCUT2D eigenvalue weighted by molar-refractivity contribution is -0.142. The Bertz CT molecular complexity index is 701. The molecule has 1 fully saturated rings. The van der Waals surface area contributed by atoms with E-state index in [0.717, 1.165) is 11.4 Å². The average molecular weight is 303 g/mol. The van der Waals surface area contributed by atoms with Crippen molar-refractivity contribution in [1.29, 1.82) is 0 Å². The molecule has 0 aliphatic carbocycles. The number of aromatic nitrogens is 4. The van der Waals surface area contributed by atoms with Gasteiger partial charge in [-0.15, -0.1) is 5.10 Å². The van der Waals surface area contributed by atoms with Crippen LogP contribution in [0.3, 0.4) is 0 Å². The van der Waals surface area contributed by atoms with E-state index in [1.54, 1.807) is 4.52 Å². The Morgan fingerprint density at radius 3 is 2.64 bits per heavy atom. The Hall–Kier alpha value is -2.02. The van der Waals surface area contributed by atoms with Gasteiger partial charge in [0.15, 0.2) is 5.82 Å². The molecule has 2 unspecified atom stereocenters. The van der Waals surface area contributed by atoms with Gasteiger partial charge in [0.05, 0.1) is 18.6 Å². The van der Waals surface area contributed by atoms with E-state index in [1.165, 1.54) is 0 Å². The molecule has 1 saturated heterocycles. The lowest BCUT2D eigenvalue weighted by atomic mass is 10.2. The summed E-state index contributed by atoms with van der Waals surface area (Å²) in [6.07, 6.45) is 0.322. The summed E-state index contributed by atoms with van der Waals surface area (Å²) in [4.78, 5) is 23.0. The van der Waals surface area contributed by atoms with Gasteiger partial charge < -0.3 is 9.64 Å². The maximum Gasteiger partial charge on any atom is 0.252 e. The highest BCUT2D eigenvalue weighted by molar-refractivity contribution is 5.78. The number of aryl methyl sites for hydroxylation is 2. The van der Waals surface area contributed by atoms with Crippen molar-refractivity contribution in [3.8, 4) is 0 Å². The van der Waals surface area contributed by atoms with Crippen molar-refractivity contribution in [2.24, 2.45) is 0 Å². The molecule has 7 heteroatoms. The van der Waals surface area contributed by atoms with Crippen LogP contribution in [0.2, 0.25) is 0 Å². The fraction of sp³-hybridized carbons (Fsp3) is 0.600. The number of morpholine rings is 1. The number of ether oxygens (including phenoxy) is 1. The summed E-state index contributed by atoms with van der Waals surface area (Å²) in [5, 5.41) is 4.39. The fourth-order valence-electron chi connectivity index (χ4n) is 2.91. The van der Waals surface area contributed by atoms with Gasteiger partial charge in [0.25, 0.3) is 5.78 Å². The van der Waals surface area contributed by atoms with Gasteiger partial charge >= 0.3 is 0 Å². The van der Waals surface area contributed by atoms with Crippen molar-refractivity contribution in [1.82, 2.24) is 24.5 Å². The highest BCUT2D eigenvalue weighted by Gasteiger charge is 2.26. The number of carbonyl (C=O) groups is 1. The molecule has 118 valence electrons. The van der Waals surface area contributed by atoms with Crippen LogP contribution in [0, 0.1) is 13.8 Å². The Kier molecular flexibility index (Phi) is 3.82. The average Bonchev–Trinajstić information content (AvgIpc) is 2.80. The summed E-state index contributed by atoms with van der Waals surface area (Å²) >= 11 is 0. The van der Waals surface area contributed by atoms with Gasteiger partial charge in [-0.25, -0.2) is 9.50 Å². The van der Waals surface area contributed by atoms with E-state index < -0.39 is 0 Å². The minimum atomic E-state index is 0.0345. The Morgan fingerprint density at radius 2 is 1.95 bits per heavy atom. The molecule has 0 aromatic carbocycles. The van der Waals surface area contributed by atoms with Crippen LogP contribution in [-0.4, -0.2) is 55.7 Å². The standard InChI is InChI=1S/C15H21N5O2/c1-9-5-10(2)20-15(16-9)17-13(18-20)6-14(21)19-7-11(3)22-12(4)8-19/h5,11-12H,6-8H2,1-4H3. The molecule has 0 spiro atoms. The highest BCUT2D eigenvalue weighted by atomic mass is 16.5. The third kappa shape index (κ3) is 2.94. The molecule has 1 aliphatic heterocycles. The summed E-state index contributed by atoms with van der Waals surface area (Å²) in [5.41, 5.74) is 1.86. The van der Waals surface area contributed by atoms with Gasteiger partial charge in [-0.05, 0) is 33.8 Å². The van der Waals surface area contributed by atoms with Crippen LogP contribution in [0.15, 0.2) is 6.07 Å². The lowest BCUT2D eigenvalue weighted by Crippen LogP contribution is -2.48. The van der Waals surface area contributed by atoms with Gasteiger partial charge in [-0.2, -0.15) is 4.98 Å². The maximum atomic E-state index is 12.4. The summed E-state index contributed by atoms with van der Waals surface area (Å²) in [6, 6.07) is 1.94. The number of amides is 1. The third-order valence-electron chi connectivity index (χ3n) is 3.74.